The Morgan fingerprint density at radius 3 is 2.55 bits per heavy atom. The van der Waals surface area contributed by atoms with Gasteiger partial charge in [0.05, 0.1) is 0 Å². The van der Waals surface area contributed by atoms with Gasteiger partial charge in [0.1, 0.15) is 10.9 Å². The van der Waals surface area contributed by atoms with E-state index in [9.17, 15) is 19.2 Å². The molecular formula is C20H25N3O5S. The molecule has 0 radical (unpaired) electrons. The molecule has 3 atom stereocenters. The molecular weight excluding hydrogens is 394 g/mol. The number of nitrogens with zero attached hydrogens (tertiary/aromatic N) is 1. The molecule has 9 heteroatoms. The molecule has 2 N–H and O–H groups in total. The predicted molar refractivity (Wildman–Crippen MR) is 108 cm³/mol. The van der Waals surface area contributed by atoms with Gasteiger partial charge in [0, 0.05) is 18.2 Å². The first kappa shape index (κ1) is 21.2. The van der Waals surface area contributed by atoms with Gasteiger partial charge in [-0.1, -0.05) is 30.3 Å². The van der Waals surface area contributed by atoms with E-state index in [2.05, 4.69) is 10.6 Å². The number of urea groups is 1. The standard InChI is InChI=1S/C20H25N3O5S/c1-12(2)21-19(27)22-17(25)13(3)28-18(26)15-11-29-20(10-9-16(24)23(15)20)14-7-5-4-6-8-14/h4-8,12-13,15H,9-11H2,1-3H3,(H2,21,22,25,27)/t13-,15+,20-/m1/s1. The van der Waals surface area contributed by atoms with Gasteiger partial charge >= 0.3 is 12.0 Å². The topological polar surface area (TPSA) is 105 Å². The third-order valence-electron chi connectivity index (χ3n) is 4.94. The van der Waals surface area contributed by atoms with Crippen LogP contribution in [0.3, 0.4) is 0 Å². The molecule has 4 amide bonds. The van der Waals surface area contributed by atoms with Crippen LogP contribution in [0.4, 0.5) is 4.79 Å². The molecule has 2 saturated heterocycles. The van der Waals surface area contributed by atoms with E-state index >= 15 is 0 Å². The molecule has 0 aliphatic carbocycles. The molecule has 3 rings (SSSR count). The van der Waals surface area contributed by atoms with Crippen molar-refractivity contribution in [1.29, 1.82) is 0 Å². The minimum Gasteiger partial charge on any atom is -0.451 e. The van der Waals surface area contributed by atoms with Crippen molar-refractivity contribution in [3.8, 4) is 0 Å². The number of amides is 4. The van der Waals surface area contributed by atoms with Crippen LogP contribution in [0.15, 0.2) is 30.3 Å². The molecule has 2 aliphatic rings. The smallest absolute Gasteiger partial charge is 0.330 e. The Hall–Kier alpha value is -2.55. The Bertz CT molecular complexity index is 816. The van der Waals surface area contributed by atoms with Gasteiger partial charge in [-0.2, -0.15) is 0 Å². The second-order valence-electron chi connectivity index (χ2n) is 7.44. The quantitative estimate of drug-likeness (QED) is 0.705. The zero-order chi connectivity index (χ0) is 21.2. The van der Waals surface area contributed by atoms with E-state index in [-0.39, 0.29) is 11.9 Å². The monoisotopic (exact) mass is 419 g/mol. The van der Waals surface area contributed by atoms with E-state index in [1.54, 1.807) is 30.5 Å². The highest BCUT2D eigenvalue weighted by atomic mass is 32.2. The fourth-order valence-electron chi connectivity index (χ4n) is 3.63. The summed E-state index contributed by atoms with van der Waals surface area (Å²) in [6.07, 6.45) is -0.179. The van der Waals surface area contributed by atoms with Crippen molar-refractivity contribution in [1.82, 2.24) is 15.5 Å². The SMILES string of the molecule is CC(C)NC(=O)NC(=O)[C@@H](C)OC(=O)[C@@H]1CS[C@@]2(c3ccccc3)CCC(=O)N12. The third kappa shape index (κ3) is 4.24. The van der Waals surface area contributed by atoms with Crippen molar-refractivity contribution in [3.05, 3.63) is 35.9 Å². The minimum absolute atomic E-state index is 0.103. The summed E-state index contributed by atoms with van der Waals surface area (Å²) in [5, 5.41) is 4.67. The van der Waals surface area contributed by atoms with Gasteiger partial charge in [0.15, 0.2) is 6.10 Å². The highest BCUT2D eigenvalue weighted by molar-refractivity contribution is 8.00. The molecule has 8 nitrogen and oxygen atoms in total. The first-order valence-electron chi connectivity index (χ1n) is 9.58. The van der Waals surface area contributed by atoms with Crippen LogP contribution in [0.2, 0.25) is 0 Å². The number of carbonyl (C=O) groups excluding carboxylic acids is 4. The average Bonchev–Trinajstić information content (AvgIpc) is 3.21. The number of rotatable bonds is 5. The molecule has 29 heavy (non-hydrogen) atoms. The maximum atomic E-state index is 12.8. The molecule has 1 aromatic carbocycles. The van der Waals surface area contributed by atoms with Gasteiger partial charge in [0.25, 0.3) is 5.91 Å². The van der Waals surface area contributed by atoms with Crippen LogP contribution in [0.5, 0.6) is 0 Å². The summed E-state index contributed by atoms with van der Waals surface area (Å²) < 4.78 is 5.30. The molecule has 0 bridgehead atoms. The zero-order valence-corrected chi connectivity index (χ0v) is 17.5. The maximum absolute atomic E-state index is 12.8. The second-order valence-corrected chi connectivity index (χ2v) is 8.73. The van der Waals surface area contributed by atoms with Crippen LogP contribution in [0.25, 0.3) is 0 Å². The molecule has 0 unspecified atom stereocenters. The number of hydrogen-bond acceptors (Lipinski definition) is 6. The Labute approximate surface area is 173 Å². The maximum Gasteiger partial charge on any atom is 0.330 e. The fraction of sp³-hybridized carbons (Fsp3) is 0.500. The van der Waals surface area contributed by atoms with Crippen LogP contribution in [0.1, 0.15) is 39.2 Å². The lowest BCUT2D eigenvalue weighted by Crippen LogP contribution is -2.50. The van der Waals surface area contributed by atoms with Crippen molar-refractivity contribution < 1.29 is 23.9 Å². The summed E-state index contributed by atoms with van der Waals surface area (Å²) in [6.45, 7) is 4.92. The number of carbonyl (C=O) groups is 4. The molecule has 0 spiro atoms. The van der Waals surface area contributed by atoms with E-state index in [0.717, 1.165) is 5.56 Å². The van der Waals surface area contributed by atoms with Crippen LogP contribution in [-0.4, -0.2) is 52.7 Å². The van der Waals surface area contributed by atoms with Gasteiger partial charge in [-0.3, -0.25) is 14.9 Å². The number of ether oxygens (including phenoxy) is 1. The molecule has 1 aromatic rings. The van der Waals surface area contributed by atoms with Crippen LogP contribution >= 0.6 is 11.8 Å². The molecule has 0 saturated carbocycles. The van der Waals surface area contributed by atoms with E-state index in [1.807, 2.05) is 30.3 Å². The van der Waals surface area contributed by atoms with Crippen LogP contribution in [0, 0.1) is 0 Å². The zero-order valence-electron chi connectivity index (χ0n) is 16.6. The highest BCUT2D eigenvalue weighted by Gasteiger charge is 2.57. The van der Waals surface area contributed by atoms with Gasteiger partial charge < -0.3 is 15.0 Å². The lowest BCUT2D eigenvalue weighted by Gasteiger charge is -2.33. The third-order valence-corrected chi connectivity index (χ3v) is 6.54. The lowest BCUT2D eigenvalue weighted by atomic mass is 10.0. The highest BCUT2D eigenvalue weighted by Crippen LogP contribution is 2.54. The Kier molecular flexibility index (Phi) is 6.16. The van der Waals surface area contributed by atoms with Gasteiger partial charge in [-0.15, -0.1) is 11.8 Å². The number of thioether (sulfide) groups is 1. The van der Waals surface area contributed by atoms with Crippen molar-refractivity contribution in [2.24, 2.45) is 0 Å². The van der Waals surface area contributed by atoms with E-state index in [4.69, 9.17) is 4.74 Å². The van der Waals surface area contributed by atoms with Crippen LogP contribution in [-0.2, 0) is 24.0 Å². The Morgan fingerprint density at radius 1 is 1.21 bits per heavy atom. The molecule has 2 aliphatic heterocycles. The van der Waals surface area contributed by atoms with Gasteiger partial charge in [0.2, 0.25) is 5.91 Å². The van der Waals surface area contributed by atoms with E-state index in [0.29, 0.717) is 18.6 Å². The van der Waals surface area contributed by atoms with Crippen molar-refractivity contribution in [2.45, 2.75) is 56.7 Å². The summed E-state index contributed by atoms with van der Waals surface area (Å²) in [7, 11) is 0. The predicted octanol–water partition coefficient (Wildman–Crippen LogP) is 1.74. The number of esters is 1. The number of benzene rings is 1. The van der Waals surface area contributed by atoms with Crippen LogP contribution < -0.4 is 10.6 Å². The Morgan fingerprint density at radius 2 is 1.90 bits per heavy atom. The normalized spacial score (nSPS) is 24.2. The van der Waals surface area contributed by atoms with Crippen molar-refractivity contribution in [2.75, 3.05) is 5.75 Å². The molecule has 156 valence electrons. The van der Waals surface area contributed by atoms with E-state index in [1.165, 1.54) is 6.92 Å². The Balaban J connectivity index is 1.68. The second kappa shape index (κ2) is 8.44. The number of nitrogens with one attached hydrogen (secondary N) is 2. The summed E-state index contributed by atoms with van der Waals surface area (Å²) in [5.74, 6) is -1.07. The number of imide groups is 1. The van der Waals surface area contributed by atoms with Gasteiger partial charge in [-0.05, 0) is 32.8 Å². The largest absolute Gasteiger partial charge is 0.451 e. The van der Waals surface area contributed by atoms with Gasteiger partial charge in [-0.25, -0.2) is 9.59 Å². The lowest BCUT2D eigenvalue weighted by molar-refractivity contribution is -0.161. The summed E-state index contributed by atoms with van der Waals surface area (Å²) >= 11 is 1.55. The average molecular weight is 420 g/mol. The summed E-state index contributed by atoms with van der Waals surface area (Å²) in [4.78, 5) is 50.2. The minimum atomic E-state index is -1.16. The number of hydrogen-bond donors (Lipinski definition) is 2. The van der Waals surface area contributed by atoms with Crippen molar-refractivity contribution >= 4 is 35.6 Å². The summed E-state index contributed by atoms with van der Waals surface area (Å²) in [6, 6.07) is 8.08. The summed E-state index contributed by atoms with van der Waals surface area (Å²) in [5.41, 5.74) is 0.974. The molecule has 2 heterocycles. The van der Waals surface area contributed by atoms with E-state index < -0.39 is 34.9 Å². The molecule has 0 aromatic heterocycles. The fourth-order valence-corrected chi connectivity index (χ4v) is 5.27. The first-order chi connectivity index (χ1) is 13.7. The molecule has 2 fully saturated rings. The van der Waals surface area contributed by atoms with Crippen molar-refractivity contribution in [3.63, 3.8) is 0 Å². The number of fused-ring (bicyclic) bond motifs is 1. The first-order valence-corrected chi connectivity index (χ1v) is 10.6.